The van der Waals surface area contributed by atoms with Gasteiger partial charge < -0.3 is 13.9 Å². The van der Waals surface area contributed by atoms with Gasteiger partial charge in [0.25, 0.3) is 0 Å². The van der Waals surface area contributed by atoms with Crippen LogP contribution >= 0.6 is 11.6 Å². The molecular formula is C18H17ClN2O3. The highest BCUT2D eigenvalue weighted by molar-refractivity contribution is 6.17. The van der Waals surface area contributed by atoms with Crippen molar-refractivity contribution in [2.75, 3.05) is 0 Å². The Balaban J connectivity index is 0.000000141. The molecule has 2 aromatic carbocycles. The molecule has 0 amide bonds. The van der Waals surface area contributed by atoms with E-state index in [-0.39, 0.29) is 6.61 Å². The molecule has 0 bridgehead atoms. The number of oxazole rings is 2. The van der Waals surface area contributed by atoms with Crippen LogP contribution in [0.25, 0.3) is 22.2 Å². The number of aromatic nitrogens is 2. The van der Waals surface area contributed by atoms with Crippen LogP contribution < -0.4 is 0 Å². The Morgan fingerprint density at radius 2 is 1.38 bits per heavy atom. The van der Waals surface area contributed by atoms with E-state index in [0.29, 0.717) is 17.7 Å². The zero-order chi connectivity index (χ0) is 17.1. The second-order valence-electron chi connectivity index (χ2n) is 5.36. The molecule has 0 radical (unpaired) electrons. The molecule has 2 heterocycles. The topological polar surface area (TPSA) is 72.3 Å². The number of rotatable bonds is 2. The Labute approximate surface area is 143 Å². The van der Waals surface area contributed by atoms with Crippen LogP contribution in [-0.4, -0.2) is 15.1 Å². The van der Waals surface area contributed by atoms with E-state index in [1.54, 1.807) is 6.92 Å². The van der Waals surface area contributed by atoms with Crippen molar-refractivity contribution in [1.29, 1.82) is 0 Å². The van der Waals surface area contributed by atoms with Gasteiger partial charge in [-0.2, -0.15) is 0 Å². The molecule has 6 heteroatoms. The van der Waals surface area contributed by atoms with E-state index in [1.165, 1.54) is 0 Å². The SMILES string of the molecule is Cc1nc2cc(CCl)ccc2o1.Cc1nc2cc(CO)ccc2o1. The van der Waals surface area contributed by atoms with Gasteiger partial charge in [0.15, 0.2) is 22.9 Å². The van der Waals surface area contributed by atoms with Gasteiger partial charge >= 0.3 is 0 Å². The number of halogens is 1. The Morgan fingerprint density at radius 3 is 1.88 bits per heavy atom. The summed E-state index contributed by atoms with van der Waals surface area (Å²) in [5, 5.41) is 8.85. The molecule has 0 fully saturated rings. The number of hydrogen-bond acceptors (Lipinski definition) is 5. The van der Waals surface area contributed by atoms with E-state index in [0.717, 1.165) is 33.3 Å². The zero-order valence-corrected chi connectivity index (χ0v) is 14.2. The molecule has 1 N–H and O–H groups in total. The maximum absolute atomic E-state index is 8.85. The average molecular weight is 345 g/mol. The number of aryl methyl sites for hydroxylation is 2. The molecular weight excluding hydrogens is 328 g/mol. The van der Waals surface area contributed by atoms with Crippen LogP contribution in [0.15, 0.2) is 45.2 Å². The minimum absolute atomic E-state index is 0.0435. The van der Waals surface area contributed by atoms with Crippen molar-refractivity contribution in [1.82, 2.24) is 9.97 Å². The third-order valence-electron chi connectivity index (χ3n) is 3.45. The van der Waals surface area contributed by atoms with Crippen molar-refractivity contribution in [3.8, 4) is 0 Å². The minimum Gasteiger partial charge on any atom is -0.441 e. The van der Waals surface area contributed by atoms with Crippen molar-refractivity contribution in [2.45, 2.75) is 26.3 Å². The van der Waals surface area contributed by atoms with Gasteiger partial charge in [-0.3, -0.25) is 0 Å². The van der Waals surface area contributed by atoms with Crippen molar-refractivity contribution >= 4 is 33.8 Å². The lowest BCUT2D eigenvalue weighted by Gasteiger charge is -1.92. The summed E-state index contributed by atoms with van der Waals surface area (Å²) in [7, 11) is 0. The summed E-state index contributed by atoms with van der Waals surface area (Å²) in [6.45, 7) is 3.68. The third kappa shape index (κ3) is 3.58. The van der Waals surface area contributed by atoms with Crippen molar-refractivity contribution in [3.63, 3.8) is 0 Å². The van der Waals surface area contributed by atoms with Gasteiger partial charge in [-0.05, 0) is 35.4 Å². The Hall–Kier alpha value is -2.37. The fraction of sp³-hybridized carbons (Fsp3) is 0.222. The summed E-state index contributed by atoms with van der Waals surface area (Å²) >= 11 is 5.68. The molecule has 0 unspecified atom stereocenters. The predicted molar refractivity (Wildman–Crippen MR) is 93.0 cm³/mol. The summed E-state index contributed by atoms with van der Waals surface area (Å²) in [6, 6.07) is 11.3. The van der Waals surface area contributed by atoms with Crippen LogP contribution in [0.2, 0.25) is 0 Å². The average Bonchev–Trinajstić information content (AvgIpc) is 3.13. The highest BCUT2D eigenvalue weighted by Gasteiger charge is 2.02. The molecule has 2 aromatic heterocycles. The van der Waals surface area contributed by atoms with Crippen LogP contribution in [0.1, 0.15) is 22.9 Å². The number of aliphatic hydroxyl groups is 1. The number of nitrogens with zero attached hydrogens (tertiary/aromatic N) is 2. The van der Waals surface area contributed by atoms with Crippen molar-refractivity contribution in [3.05, 3.63) is 59.3 Å². The molecule has 4 aromatic rings. The number of benzene rings is 2. The Bertz CT molecular complexity index is 895. The molecule has 0 spiro atoms. The molecule has 0 aliphatic heterocycles. The van der Waals surface area contributed by atoms with Gasteiger partial charge in [-0.25, -0.2) is 9.97 Å². The second-order valence-corrected chi connectivity index (χ2v) is 5.63. The fourth-order valence-electron chi connectivity index (χ4n) is 2.36. The molecule has 0 aliphatic carbocycles. The first-order chi connectivity index (χ1) is 11.6. The monoisotopic (exact) mass is 344 g/mol. The molecule has 24 heavy (non-hydrogen) atoms. The first-order valence-corrected chi connectivity index (χ1v) is 8.01. The van der Waals surface area contributed by atoms with Crippen molar-refractivity contribution in [2.24, 2.45) is 0 Å². The molecule has 0 saturated carbocycles. The van der Waals surface area contributed by atoms with Crippen LogP contribution in [0.5, 0.6) is 0 Å². The molecule has 0 saturated heterocycles. The van der Waals surface area contributed by atoms with Gasteiger partial charge in [-0.1, -0.05) is 12.1 Å². The van der Waals surface area contributed by atoms with E-state index in [2.05, 4.69) is 9.97 Å². The summed E-state index contributed by atoms with van der Waals surface area (Å²) < 4.78 is 10.6. The largest absolute Gasteiger partial charge is 0.441 e. The van der Waals surface area contributed by atoms with E-state index in [9.17, 15) is 0 Å². The smallest absolute Gasteiger partial charge is 0.192 e. The van der Waals surface area contributed by atoms with Gasteiger partial charge in [0.1, 0.15) is 11.0 Å². The van der Waals surface area contributed by atoms with Crippen LogP contribution in [0.3, 0.4) is 0 Å². The highest BCUT2D eigenvalue weighted by atomic mass is 35.5. The molecule has 0 aliphatic rings. The maximum atomic E-state index is 8.85. The van der Waals surface area contributed by atoms with Crippen LogP contribution in [-0.2, 0) is 12.5 Å². The molecule has 5 nitrogen and oxygen atoms in total. The fourth-order valence-corrected chi connectivity index (χ4v) is 2.52. The quantitative estimate of drug-likeness (QED) is 0.542. The summed E-state index contributed by atoms with van der Waals surface area (Å²) in [5.74, 6) is 1.86. The van der Waals surface area contributed by atoms with Crippen LogP contribution in [0, 0.1) is 13.8 Å². The molecule has 0 atom stereocenters. The summed E-state index contributed by atoms with van der Waals surface area (Å²) in [6.07, 6.45) is 0. The molecule has 124 valence electrons. The van der Waals surface area contributed by atoms with Gasteiger partial charge in [0.2, 0.25) is 0 Å². The lowest BCUT2D eigenvalue weighted by molar-refractivity contribution is 0.282. The van der Waals surface area contributed by atoms with E-state index in [4.69, 9.17) is 25.5 Å². The van der Waals surface area contributed by atoms with E-state index < -0.39 is 0 Å². The van der Waals surface area contributed by atoms with Gasteiger partial charge in [-0.15, -0.1) is 11.6 Å². The van der Waals surface area contributed by atoms with E-state index >= 15 is 0 Å². The first-order valence-electron chi connectivity index (χ1n) is 7.48. The Kier molecular flexibility index (Phi) is 4.83. The lowest BCUT2D eigenvalue weighted by Crippen LogP contribution is -1.80. The second kappa shape index (κ2) is 7.03. The zero-order valence-electron chi connectivity index (χ0n) is 13.4. The standard InChI is InChI=1S/C9H8ClNO.C9H9NO2/c1-6-11-8-4-7(5-10)2-3-9(8)12-6;1-6-10-8-4-7(5-11)2-3-9(8)12-6/h2-4H,5H2,1H3;2-4,11H,5H2,1H3. The summed E-state index contributed by atoms with van der Waals surface area (Å²) in [4.78, 5) is 8.34. The summed E-state index contributed by atoms with van der Waals surface area (Å²) in [5.41, 5.74) is 5.20. The third-order valence-corrected chi connectivity index (χ3v) is 3.76. The van der Waals surface area contributed by atoms with Gasteiger partial charge in [0.05, 0.1) is 6.61 Å². The maximum Gasteiger partial charge on any atom is 0.192 e. The molecule has 4 rings (SSSR count). The Morgan fingerprint density at radius 1 is 0.875 bits per heavy atom. The first kappa shape index (κ1) is 16.5. The van der Waals surface area contributed by atoms with Crippen molar-refractivity contribution < 1.29 is 13.9 Å². The number of hydrogen-bond donors (Lipinski definition) is 1. The predicted octanol–water partition coefficient (Wildman–Crippen LogP) is 4.50. The minimum atomic E-state index is 0.0435. The lowest BCUT2D eigenvalue weighted by atomic mass is 10.2. The van der Waals surface area contributed by atoms with Gasteiger partial charge in [0, 0.05) is 19.7 Å². The number of fused-ring (bicyclic) bond motifs is 2. The normalized spacial score (nSPS) is 10.8. The van der Waals surface area contributed by atoms with E-state index in [1.807, 2.05) is 43.3 Å². The highest BCUT2D eigenvalue weighted by Crippen LogP contribution is 2.18. The number of alkyl halides is 1. The number of aliphatic hydroxyl groups excluding tert-OH is 1. The van der Waals surface area contributed by atoms with Crippen LogP contribution in [0.4, 0.5) is 0 Å².